The van der Waals surface area contributed by atoms with E-state index in [1.165, 1.54) is 0 Å². The van der Waals surface area contributed by atoms with Gasteiger partial charge in [0.05, 0.1) is 23.5 Å². The topological polar surface area (TPSA) is 81.4 Å². The predicted octanol–water partition coefficient (Wildman–Crippen LogP) is 4.26. The summed E-state index contributed by atoms with van der Waals surface area (Å²) in [6, 6.07) is 10.3. The van der Waals surface area contributed by atoms with Crippen LogP contribution in [0.2, 0.25) is 0 Å². The van der Waals surface area contributed by atoms with Crippen LogP contribution in [-0.4, -0.2) is 39.2 Å². The first-order valence-electron chi connectivity index (χ1n) is 11.9. The molecule has 0 amide bonds. The number of hydrogen-bond acceptors (Lipinski definition) is 4. The Labute approximate surface area is 192 Å². The molecule has 170 valence electrons. The standard InChI is InChI=1S/C26H29FN6/c27-21-14-18(17-6-2-1-3-7-17)10-11-26(21,22-15-30-24(32-22)19-8-4-12-28-19)23-16-31-25(33-23)20-9-5-13-29-20/h1-3,6-7,10-11,14-16,19-21,28-29H,4-5,8-9,12-13H2,(H,30,32)(H,31,33)/t19-,20-,21?/m0/s1. The summed E-state index contributed by atoms with van der Waals surface area (Å²) in [6.45, 7) is 1.97. The molecule has 1 aliphatic carbocycles. The lowest BCUT2D eigenvalue weighted by Gasteiger charge is -2.33. The van der Waals surface area contributed by atoms with E-state index in [-0.39, 0.29) is 12.1 Å². The molecule has 33 heavy (non-hydrogen) atoms. The second-order valence-corrected chi connectivity index (χ2v) is 9.25. The van der Waals surface area contributed by atoms with Crippen LogP contribution in [0.4, 0.5) is 4.39 Å². The number of benzene rings is 1. The highest BCUT2D eigenvalue weighted by molar-refractivity contribution is 5.77. The number of H-pyrrole nitrogens is 2. The smallest absolute Gasteiger partial charge is 0.139 e. The van der Waals surface area contributed by atoms with Gasteiger partial charge in [-0.15, -0.1) is 0 Å². The third-order valence-electron chi connectivity index (χ3n) is 7.26. The Hall–Kier alpha value is -3.03. The monoisotopic (exact) mass is 444 g/mol. The summed E-state index contributed by atoms with van der Waals surface area (Å²) in [5.41, 5.74) is 2.34. The van der Waals surface area contributed by atoms with Crippen LogP contribution >= 0.6 is 0 Å². The average molecular weight is 445 g/mol. The van der Waals surface area contributed by atoms with E-state index in [4.69, 9.17) is 0 Å². The zero-order valence-corrected chi connectivity index (χ0v) is 18.5. The molecule has 6 nitrogen and oxygen atoms in total. The van der Waals surface area contributed by atoms with Crippen LogP contribution < -0.4 is 10.6 Å². The van der Waals surface area contributed by atoms with E-state index in [0.717, 1.165) is 72.9 Å². The van der Waals surface area contributed by atoms with Crippen molar-refractivity contribution in [2.75, 3.05) is 13.1 Å². The van der Waals surface area contributed by atoms with E-state index in [0.29, 0.717) is 0 Å². The van der Waals surface area contributed by atoms with Crippen LogP contribution in [0.25, 0.3) is 5.57 Å². The maximum Gasteiger partial charge on any atom is 0.139 e. The molecule has 2 aromatic heterocycles. The third-order valence-corrected chi connectivity index (χ3v) is 7.26. The maximum absolute atomic E-state index is 16.3. The fourth-order valence-corrected chi connectivity index (χ4v) is 5.39. The van der Waals surface area contributed by atoms with Crippen LogP contribution in [0, 0.1) is 0 Å². The van der Waals surface area contributed by atoms with Crippen LogP contribution in [0.5, 0.6) is 0 Å². The normalized spacial score (nSPS) is 26.6. The second kappa shape index (κ2) is 8.39. The summed E-state index contributed by atoms with van der Waals surface area (Å²) >= 11 is 0. The summed E-state index contributed by atoms with van der Waals surface area (Å²) in [4.78, 5) is 16.2. The highest BCUT2D eigenvalue weighted by Gasteiger charge is 2.45. The van der Waals surface area contributed by atoms with Gasteiger partial charge in [-0.2, -0.15) is 0 Å². The minimum atomic E-state index is -1.28. The van der Waals surface area contributed by atoms with Gasteiger partial charge in [0.25, 0.3) is 0 Å². The van der Waals surface area contributed by atoms with Gasteiger partial charge in [-0.3, -0.25) is 0 Å². The first-order chi connectivity index (χ1) is 16.2. The fourth-order valence-electron chi connectivity index (χ4n) is 5.39. The number of hydrogen-bond donors (Lipinski definition) is 4. The van der Waals surface area contributed by atoms with Crippen LogP contribution in [0.15, 0.2) is 61.0 Å². The van der Waals surface area contributed by atoms with E-state index < -0.39 is 11.6 Å². The molecule has 4 N–H and O–H groups in total. The Balaban J connectivity index is 1.42. The Bertz CT molecular complexity index is 1110. The number of aromatic nitrogens is 4. The van der Waals surface area contributed by atoms with Gasteiger partial charge in [0.2, 0.25) is 0 Å². The number of alkyl halides is 1. The second-order valence-electron chi connectivity index (χ2n) is 9.25. The number of halogens is 1. The molecule has 3 aliphatic rings. The molecule has 0 saturated carbocycles. The molecular weight excluding hydrogens is 415 g/mol. The minimum Gasteiger partial charge on any atom is -0.343 e. The van der Waals surface area contributed by atoms with Gasteiger partial charge in [-0.25, -0.2) is 14.4 Å². The van der Waals surface area contributed by atoms with Gasteiger partial charge in [0, 0.05) is 12.4 Å². The Morgan fingerprint density at radius 1 is 0.848 bits per heavy atom. The molecule has 2 aliphatic heterocycles. The molecule has 3 atom stereocenters. The Morgan fingerprint density at radius 2 is 1.45 bits per heavy atom. The van der Waals surface area contributed by atoms with Crippen molar-refractivity contribution < 1.29 is 4.39 Å². The number of nitrogens with zero attached hydrogens (tertiary/aromatic N) is 2. The lowest BCUT2D eigenvalue weighted by atomic mass is 9.73. The number of allylic oxidation sites excluding steroid dienone is 4. The molecule has 7 heteroatoms. The van der Waals surface area contributed by atoms with Crippen molar-refractivity contribution in [2.24, 2.45) is 0 Å². The maximum atomic E-state index is 16.3. The van der Waals surface area contributed by atoms with E-state index in [1.54, 1.807) is 18.5 Å². The van der Waals surface area contributed by atoms with E-state index in [2.05, 4.69) is 30.6 Å². The van der Waals surface area contributed by atoms with Crippen molar-refractivity contribution in [1.29, 1.82) is 0 Å². The van der Waals surface area contributed by atoms with Gasteiger partial charge in [0.15, 0.2) is 0 Å². The number of rotatable bonds is 5. The number of nitrogens with one attached hydrogen (secondary N) is 4. The highest BCUT2D eigenvalue weighted by atomic mass is 19.1. The molecule has 0 spiro atoms. The van der Waals surface area contributed by atoms with Crippen molar-refractivity contribution in [2.45, 2.75) is 49.4 Å². The van der Waals surface area contributed by atoms with Crippen LogP contribution in [0.1, 0.15) is 66.4 Å². The third kappa shape index (κ3) is 3.56. The Morgan fingerprint density at radius 3 is 1.97 bits per heavy atom. The van der Waals surface area contributed by atoms with Crippen LogP contribution in [-0.2, 0) is 5.41 Å². The van der Waals surface area contributed by atoms with Gasteiger partial charge < -0.3 is 20.6 Å². The largest absolute Gasteiger partial charge is 0.343 e. The van der Waals surface area contributed by atoms with E-state index in [1.807, 2.05) is 42.5 Å². The van der Waals surface area contributed by atoms with Crippen molar-refractivity contribution in [3.8, 4) is 0 Å². The molecule has 0 radical (unpaired) electrons. The summed E-state index contributed by atoms with van der Waals surface area (Å²) in [5, 5.41) is 6.95. The summed E-state index contributed by atoms with van der Waals surface area (Å²) in [7, 11) is 0. The van der Waals surface area contributed by atoms with Crippen molar-refractivity contribution in [1.82, 2.24) is 30.6 Å². The van der Waals surface area contributed by atoms with Gasteiger partial charge >= 0.3 is 0 Å². The molecule has 2 saturated heterocycles. The molecule has 3 aromatic rings. The predicted molar refractivity (Wildman–Crippen MR) is 126 cm³/mol. The zero-order chi connectivity index (χ0) is 22.3. The fraction of sp³-hybridized carbons (Fsp3) is 0.385. The van der Waals surface area contributed by atoms with Crippen LogP contribution in [0.3, 0.4) is 0 Å². The number of aromatic amines is 2. The van der Waals surface area contributed by atoms with E-state index >= 15 is 4.39 Å². The molecule has 1 unspecified atom stereocenters. The van der Waals surface area contributed by atoms with Crippen molar-refractivity contribution in [3.05, 3.63) is 89.6 Å². The first kappa shape index (κ1) is 20.6. The van der Waals surface area contributed by atoms with Crippen molar-refractivity contribution in [3.63, 3.8) is 0 Å². The van der Waals surface area contributed by atoms with Crippen molar-refractivity contribution >= 4 is 5.57 Å². The average Bonchev–Trinajstić information content (AvgIpc) is 3.65. The lowest BCUT2D eigenvalue weighted by molar-refractivity contribution is 0.302. The van der Waals surface area contributed by atoms with Gasteiger partial charge in [-0.05, 0) is 56.0 Å². The summed E-state index contributed by atoms with van der Waals surface area (Å²) < 4.78 is 16.3. The quantitative estimate of drug-likeness (QED) is 0.474. The molecule has 1 aromatic carbocycles. The minimum absolute atomic E-state index is 0.192. The molecular formula is C26H29FN6. The highest BCUT2D eigenvalue weighted by Crippen LogP contribution is 2.43. The van der Waals surface area contributed by atoms with Gasteiger partial charge in [-0.1, -0.05) is 42.5 Å². The van der Waals surface area contributed by atoms with Gasteiger partial charge in [0.1, 0.15) is 23.2 Å². The molecule has 0 bridgehead atoms. The van der Waals surface area contributed by atoms with E-state index in [9.17, 15) is 0 Å². The summed E-state index contributed by atoms with van der Waals surface area (Å²) in [5.74, 6) is 1.75. The zero-order valence-electron chi connectivity index (χ0n) is 18.5. The first-order valence-corrected chi connectivity index (χ1v) is 11.9. The number of imidazole rings is 2. The SMILES string of the molecule is FC1C=C(c2ccccc2)C=CC1(c1cnc([C@@H]2CCCN2)[nH]1)c1cnc([C@@H]2CCCN2)[nH]1. The summed E-state index contributed by atoms with van der Waals surface area (Å²) in [6.07, 6.45) is 12.3. The lowest BCUT2D eigenvalue weighted by Crippen LogP contribution is -2.38. The molecule has 4 heterocycles. The Kier molecular flexibility index (Phi) is 5.23. The molecule has 6 rings (SSSR count). The molecule has 2 fully saturated rings.